The number of aromatic amines is 1. The summed E-state index contributed by atoms with van der Waals surface area (Å²) in [5.74, 6) is 3.35. The molecule has 166 valence electrons. The Morgan fingerprint density at radius 1 is 0.938 bits per heavy atom. The largest absolute Gasteiger partial charge is 0.493 e. The molecule has 10 heteroatoms. The molecule has 0 aliphatic heterocycles. The summed E-state index contributed by atoms with van der Waals surface area (Å²) in [4.78, 5) is 16.4. The van der Waals surface area contributed by atoms with Crippen LogP contribution in [0.3, 0.4) is 0 Å². The average molecular weight is 436 g/mol. The maximum Gasteiger partial charge on any atom is 0.226 e. The van der Waals surface area contributed by atoms with Gasteiger partial charge in [-0.2, -0.15) is 9.97 Å². The second kappa shape index (κ2) is 9.73. The standard InChI is InChI=1S/C22H24N6O4/c1-29-16-11-14(12-17(30-2)19(16)31-3)26-21-18-20(25-13-24-18)27-22(28-21)23-9-10-32-15-7-5-4-6-8-15/h4-8,11-13H,9-10H2,1-3H3,(H3,23,24,25,26,27,28). The molecule has 0 unspecified atom stereocenters. The van der Waals surface area contributed by atoms with Crippen molar-refractivity contribution in [3.05, 3.63) is 48.8 Å². The van der Waals surface area contributed by atoms with Gasteiger partial charge in [0.15, 0.2) is 23.0 Å². The molecule has 2 aromatic heterocycles. The van der Waals surface area contributed by atoms with E-state index in [2.05, 4.69) is 30.6 Å². The Morgan fingerprint density at radius 3 is 2.38 bits per heavy atom. The highest BCUT2D eigenvalue weighted by Gasteiger charge is 2.16. The molecule has 0 fully saturated rings. The Labute approximate surface area is 184 Å². The van der Waals surface area contributed by atoms with Gasteiger partial charge in [0, 0.05) is 17.8 Å². The lowest BCUT2D eigenvalue weighted by Gasteiger charge is -2.15. The van der Waals surface area contributed by atoms with E-state index >= 15 is 0 Å². The summed E-state index contributed by atoms with van der Waals surface area (Å²) in [6.45, 7) is 0.982. The molecule has 3 N–H and O–H groups in total. The lowest BCUT2D eigenvalue weighted by molar-refractivity contribution is 0.324. The molecule has 2 aromatic carbocycles. The molecule has 0 saturated carbocycles. The van der Waals surface area contributed by atoms with E-state index in [4.69, 9.17) is 18.9 Å². The summed E-state index contributed by atoms with van der Waals surface area (Å²) in [5, 5.41) is 6.46. The zero-order valence-electron chi connectivity index (χ0n) is 18.0. The second-order valence-corrected chi connectivity index (χ2v) is 6.62. The molecule has 4 rings (SSSR count). The van der Waals surface area contributed by atoms with Crippen molar-refractivity contribution in [2.45, 2.75) is 0 Å². The van der Waals surface area contributed by atoms with Crippen LogP contribution in [0, 0.1) is 0 Å². The smallest absolute Gasteiger partial charge is 0.226 e. The summed E-state index contributed by atoms with van der Waals surface area (Å²) in [7, 11) is 4.70. The first-order valence-corrected chi connectivity index (χ1v) is 9.91. The summed E-state index contributed by atoms with van der Waals surface area (Å²) in [6.07, 6.45) is 1.57. The minimum absolute atomic E-state index is 0.427. The van der Waals surface area contributed by atoms with E-state index in [0.29, 0.717) is 59.0 Å². The summed E-state index contributed by atoms with van der Waals surface area (Å²) in [5.41, 5.74) is 1.90. The second-order valence-electron chi connectivity index (χ2n) is 6.62. The van der Waals surface area contributed by atoms with E-state index in [0.717, 1.165) is 5.75 Å². The molecule has 32 heavy (non-hydrogen) atoms. The van der Waals surface area contributed by atoms with Gasteiger partial charge in [-0.1, -0.05) is 18.2 Å². The molecular formula is C22H24N6O4. The van der Waals surface area contributed by atoms with E-state index in [1.54, 1.807) is 39.8 Å². The lowest BCUT2D eigenvalue weighted by Crippen LogP contribution is -2.14. The Balaban J connectivity index is 1.53. The molecule has 10 nitrogen and oxygen atoms in total. The summed E-state index contributed by atoms with van der Waals surface area (Å²) >= 11 is 0. The number of methoxy groups -OCH3 is 3. The number of imidazole rings is 1. The van der Waals surface area contributed by atoms with Gasteiger partial charge >= 0.3 is 0 Å². The van der Waals surface area contributed by atoms with Crippen LogP contribution in [0.15, 0.2) is 48.8 Å². The fourth-order valence-corrected chi connectivity index (χ4v) is 3.14. The highest BCUT2D eigenvalue weighted by Crippen LogP contribution is 2.40. The van der Waals surface area contributed by atoms with Crippen LogP contribution in [0.25, 0.3) is 11.2 Å². The number of hydrogen-bond acceptors (Lipinski definition) is 9. The van der Waals surface area contributed by atoms with Crippen molar-refractivity contribution in [1.82, 2.24) is 19.9 Å². The molecule has 0 saturated heterocycles. The van der Waals surface area contributed by atoms with Gasteiger partial charge in [-0.25, -0.2) is 4.98 Å². The van der Waals surface area contributed by atoms with Gasteiger partial charge in [0.2, 0.25) is 11.7 Å². The fourth-order valence-electron chi connectivity index (χ4n) is 3.14. The van der Waals surface area contributed by atoms with E-state index in [9.17, 15) is 0 Å². The molecule has 0 spiro atoms. The van der Waals surface area contributed by atoms with Crippen LogP contribution in [-0.4, -0.2) is 54.4 Å². The lowest BCUT2D eigenvalue weighted by atomic mass is 10.2. The van der Waals surface area contributed by atoms with Gasteiger partial charge in [-0.05, 0) is 12.1 Å². The number of H-pyrrole nitrogens is 1. The monoisotopic (exact) mass is 436 g/mol. The highest BCUT2D eigenvalue weighted by molar-refractivity contribution is 5.86. The topological polar surface area (TPSA) is 115 Å². The molecule has 0 amide bonds. The van der Waals surface area contributed by atoms with Crippen LogP contribution >= 0.6 is 0 Å². The third kappa shape index (κ3) is 4.59. The zero-order valence-corrected chi connectivity index (χ0v) is 18.0. The predicted octanol–water partition coefficient (Wildman–Crippen LogP) is 3.61. The van der Waals surface area contributed by atoms with Gasteiger partial charge in [0.25, 0.3) is 0 Å². The van der Waals surface area contributed by atoms with Crippen molar-refractivity contribution < 1.29 is 18.9 Å². The number of fused-ring (bicyclic) bond motifs is 1. The van der Waals surface area contributed by atoms with Crippen molar-refractivity contribution >= 4 is 28.6 Å². The van der Waals surface area contributed by atoms with Crippen molar-refractivity contribution in [3.8, 4) is 23.0 Å². The van der Waals surface area contributed by atoms with Crippen molar-refractivity contribution in [3.63, 3.8) is 0 Å². The maximum atomic E-state index is 5.70. The molecule has 0 radical (unpaired) electrons. The molecule has 0 bridgehead atoms. The SMILES string of the molecule is COc1cc(Nc2nc(NCCOc3ccccc3)nc3nc[nH]c23)cc(OC)c1OC. The first-order valence-electron chi connectivity index (χ1n) is 9.91. The third-order valence-electron chi connectivity index (χ3n) is 4.61. The number of nitrogens with zero attached hydrogens (tertiary/aromatic N) is 3. The van der Waals surface area contributed by atoms with Crippen LogP contribution < -0.4 is 29.6 Å². The Bertz CT molecular complexity index is 1160. The number of nitrogens with one attached hydrogen (secondary N) is 3. The predicted molar refractivity (Wildman–Crippen MR) is 121 cm³/mol. The minimum atomic E-state index is 0.427. The quantitative estimate of drug-likeness (QED) is 0.321. The van der Waals surface area contributed by atoms with Crippen molar-refractivity contribution in [2.24, 2.45) is 0 Å². The Hall–Kier alpha value is -4.21. The van der Waals surface area contributed by atoms with Gasteiger partial charge in [0.05, 0.1) is 34.2 Å². The van der Waals surface area contributed by atoms with Gasteiger partial charge in [0.1, 0.15) is 17.9 Å². The van der Waals surface area contributed by atoms with Crippen LogP contribution in [-0.2, 0) is 0 Å². The van der Waals surface area contributed by atoms with Gasteiger partial charge in [-0.15, -0.1) is 0 Å². The highest BCUT2D eigenvalue weighted by atomic mass is 16.5. The number of aromatic nitrogens is 4. The Kier molecular flexibility index (Phi) is 6.40. The van der Waals surface area contributed by atoms with E-state index in [-0.39, 0.29) is 0 Å². The average Bonchev–Trinajstić information content (AvgIpc) is 3.31. The van der Waals surface area contributed by atoms with Crippen LogP contribution in [0.5, 0.6) is 23.0 Å². The minimum Gasteiger partial charge on any atom is -0.493 e. The van der Waals surface area contributed by atoms with Crippen molar-refractivity contribution in [2.75, 3.05) is 45.1 Å². The third-order valence-corrected chi connectivity index (χ3v) is 4.61. The number of rotatable bonds is 10. The number of ether oxygens (including phenoxy) is 4. The molecule has 2 heterocycles. The molecular weight excluding hydrogens is 412 g/mol. The van der Waals surface area contributed by atoms with E-state index in [1.807, 2.05) is 30.3 Å². The molecule has 0 aliphatic rings. The number of para-hydroxylation sites is 1. The van der Waals surface area contributed by atoms with Gasteiger partial charge in [-0.3, -0.25) is 0 Å². The van der Waals surface area contributed by atoms with Crippen LogP contribution in [0.4, 0.5) is 17.5 Å². The number of anilines is 3. The normalized spacial score (nSPS) is 10.6. The van der Waals surface area contributed by atoms with E-state index in [1.165, 1.54) is 0 Å². The summed E-state index contributed by atoms with van der Waals surface area (Å²) < 4.78 is 22.0. The summed E-state index contributed by atoms with van der Waals surface area (Å²) in [6, 6.07) is 13.2. The fraction of sp³-hybridized carbons (Fsp3) is 0.227. The van der Waals surface area contributed by atoms with Crippen molar-refractivity contribution in [1.29, 1.82) is 0 Å². The molecule has 4 aromatic rings. The maximum absolute atomic E-state index is 5.70. The van der Waals surface area contributed by atoms with E-state index < -0.39 is 0 Å². The molecule has 0 atom stereocenters. The zero-order chi connectivity index (χ0) is 22.3. The van der Waals surface area contributed by atoms with Crippen LogP contribution in [0.2, 0.25) is 0 Å². The Morgan fingerprint density at radius 2 is 1.69 bits per heavy atom. The number of hydrogen-bond donors (Lipinski definition) is 3. The van der Waals surface area contributed by atoms with Gasteiger partial charge < -0.3 is 34.6 Å². The molecule has 0 aliphatic carbocycles. The first-order chi connectivity index (χ1) is 15.7. The van der Waals surface area contributed by atoms with Crippen LogP contribution in [0.1, 0.15) is 0 Å². The number of benzene rings is 2. The first kappa shape index (κ1) is 21.0.